The Hall–Kier alpha value is -2.69. The van der Waals surface area contributed by atoms with Crippen molar-refractivity contribution >= 4 is 17.4 Å². The fraction of sp³-hybridized carbons (Fsp3) is 0.350. The van der Waals surface area contributed by atoms with Gasteiger partial charge in [0.1, 0.15) is 5.75 Å². The SMILES string of the molecule is COc1ccccc1NC(=O)NCCc1ccc2c(c1)CCCN2C. The van der Waals surface area contributed by atoms with Crippen LogP contribution in [0.3, 0.4) is 0 Å². The summed E-state index contributed by atoms with van der Waals surface area (Å²) in [5.41, 5.74) is 4.66. The highest BCUT2D eigenvalue weighted by Gasteiger charge is 2.13. The largest absolute Gasteiger partial charge is 0.495 e. The minimum atomic E-state index is -0.220. The van der Waals surface area contributed by atoms with E-state index in [2.05, 4.69) is 40.8 Å². The zero-order valence-electron chi connectivity index (χ0n) is 14.8. The Balaban J connectivity index is 1.52. The molecule has 2 amide bonds. The van der Waals surface area contributed by atoms with Crippen LogP contribution in [0.5, 0.6) is 5.75 Å². The molecule has 0 fully saturated rings. The molecule has 2 aromatic rings. The van der Waals surface area contributed by atoms with Gasteiger partial charge in [0.25, 0.3) is 0 Å². The molecule has 2 N–H and O–H groups in total. The lowest BCUT2D eigenvalue weighted by Crippen LogP contribution is -2.30. The molecule has 0 aromatic heterocycles. The van der Waals surface area contributed by atoms with Gasteiger partial charge in [-0.05, 0) is 48.6 Å². The first kappa shape index (κ1) is 17.1. The van der Waals surface area contributed by atoms with Crippen LogP contribution in [0.15, 0.2) is 42.5 Å². The molecule has 0 spiro atoms. The molecule has 2 aromatic carbocycles. The number of aryl methyl sites for hydroxylation is 1. The van der Waals surface area contributed by atoms with Crippen LogP contribution >= 0.6 is 0 Å². The zero-order valence-corrected chi connectivity index (χ0v) is 14.8. The Morgan fingerprint density at radius 1 is 1.24 bits per heavy atom. The molecule has 0 aliphatic carbocycles. The third-order valence-corrected chi connectivity index (χ3v) is 4.55. The molecule has 0 bridgehead atoms. The summed E-state index contributed by atoms with van der Waals surface area (Å²) < 4.78 is 5.24. The summed E-state index contributed by atoms with van der Waals surface area (Å²) in [5.74, 6) is 0.649. The fourth-order valence-electron chi connectivity index (χ4n) is 3.23. The number of hydrogen-bond donors (Lipinski definition) is 2. The Morgan fingerprint density at radius 3 is 2.92 bits per heavy atom. The second-order valence-electron chi connectivity index (χ2n) is 6.32. The van der Waals surface area contributed by atoms with E-state index in [9.17, 15) is 4.79 Å². The number of methoxy groups -OCH3 is 1. The number of para-hydroxylation sites is 2. The van der Waals surface area contributed by atoms with E-state index in [4.69, 9.17) is 4.74 Å². The number of fused-ring (bicyclic) bond motifs is 1. The van der Waals surface area contributed by atoms with Crippen molar-refractivity contribution in [1.82, 2.24) is 5.32 Å². The number of nitrogens with zero attached hydrogens (tertiary/aromatic N) is 1. The van der Waals surface area contributed by atoms with Gasteiger partial charge in [0.15, 0.2) is 0 Å². The molecule has 1 aliphatic rings. The summed E-state index contributed by atoms with van der Waals surface area (Å²) >= 11 is 0. The van der Waals surface area contributed by atoms with Gasteiger partial charge < -0.3 is 20.3 Å². The maximum atomic E-state index is 12.1. The number of anilines is 2. The number of hydrogen-bond acceptors (Lipinski definition) is 3. The van der Waals surface area contributed by atoms with Crippen LogP contribution < -0.4 is 20.3 Å². The first-order chi connectivity index (χ1) is 12.2. The van der Waals surface area contributed by atoms with Crippen LogP contribution in [0.25, 0.3) is 0 Å². The Bertz CT molecular complexity index is 745. The first-order valence-electron chi connectivity index (χ1n) is 8.68. The zero-order chi connectivity index (χ0) is 17.6. The molecule has 0 radical (unpaired) electrons. The number of urea groups is 1. The van der Waals surface area contributed by atoms with Gasteiger partial charge in [-0.25, -0.2) is 4.79 Å². The second kappa shape index (κ2) is 7.92. The number of ether oxygens (including phenoxy) is 1. The summed E-state index contributed by atoms with van der Waals surface area (Å²) in [6, 6.07) is 13.8. The van der Waals surface area contributed by atoms with E-state index in [0.29, 0.717) is 18.0 Å². The number of nitrogens with one attached hydrogen (secondary N) is 2. The van der Waals surface area contributed by atoms with Crippen molar-refractivity contribution in [3.8, 4) is 5.75 Å². The van der Waals surface area contributed by atoms with Gasteiger partial charge in [-0.2, -0.15) is 0 Å². The van der Waals surface area contributed by atoms with Crippen LogP contribution in [-0.2, 0) is 12.8 Å². The second-order valence-corrected chi connectivity index (χ2v) is 6.32. The van der Waals surface area contributed by atoms with Crippen LogP contribution in [0.2, 0.25) is 0 Å². The van der Waals surface area contributed by atoms with Crippen molar-refractivity contribution in [2.75, 3.05) is 37.5 Å². The summed E-state index contributed by atoms with van der Waals surface area (Å²) in [6.45, 7) is 1.71. The van der Waals surface area contributed by atoms with E-state index >= 15 is 0 Å². The standard InChI is InChI=1S/C20H25N3O2/c1-23-13-5-6-16-14-15(9-10-18(16)23)11-12-21-20(24)22-17-7-3-4-8-19(17)25-2/h3-4,7-10,14H,5-6,11-13H2,1-2H3,(H2,21,22,24). The molecular weight excluding hydrogens is 314 g/mol. The van der Waals surface area contributed by atoms with E-state index < -0.39 is 0 Å². The van der Waals surface area contributed by atoms with Crippen molar-refractivity contribution in [3.05, 3.63) is 53.6 Å². The highest BCUT2D eigenvalue weighted by atomic mass is 16.5. The molecule has 5 heteroatoms. The number of carbonyl (C=O) groups is 1. The Kier molecular flexibility index (Phi) is 5.43. The maximum absolute atomic E-state index is 12.1. The highest BCUT2D eigenvalue weighted by Crippen LogP contribution is 2.27. The lowest BCUT2D eigenvalue weighted by Gasteiger charge is -2.27. The molecule has 0 saturated carbocycles. The van der Waals surface area contributed by atoms with Gasteiger partial charge in [0.05, 0.1) is 12.8 Å². The number of carbonyl (C=O) groups excluding carboxylic acids is 1. The summed E-state index contributed by atoms with van der Waals surface area (Å²) in [5, 5.41) is 5.73. The van der Waals surface area contributed by atoms with Crippen LogP contribution in [-0.4, -0.2) is 33.3 Å². The molecule has 0 saturated heterocycles. The van der Waals surface area contributed by atoms with E-state index in [1.54, 1.807) is 7.11 Å². The van der Waals surface area contributed by atoms with Crippen molar-refractivity contribution in [2.45, 2.75) is 19.3 Å². The van der Waals surface area contributed by atoms with Crippen molar-refractivity contribution in [3.63, 3.8) is 0 Å². The number of amides is 2. The third-order valence-electron chi connectivity index (χ3n) is 4.55. The van der Waals surface area contributed by atoms with Crippen molar-refractivity contribution in [1.29, 1.82) is 0 Å². The van der Waals surface area contributed by atoms with Gasteiger partial charge in [0, 0.05) is 25.8 Å². The highest BCUT2D eigenvalue weighted by molar-refractivity contribution is 5.90. The van der Waals surface area contributed by atoms with Gasteiger partial charge in [-0.15, -0.1) is 0 Å². The van der Waals surface area contributed by atoms with Crippen molar-refractivity contribution in [2.24, 2.45) is 0 Å². The molecule has 132 valence electrons. The Morgan fingerprint density at radius 2 is 2.08 bits per heavy atom. The number of rotatable bonds is 5. The first-order valence-corrected chi connectivity index (χ1v) is 8.68. The molecule has 1 heterocycles. The molecule has 3 rings (SSSR count). The molecular formula is C20H25N3O2. The number of benzene rings is 2. The average molecular weight is 339 g/mol. The minimum Gasteiger partial charge on any atom is -0.495 e. The molecule has 5 nitrogen and oxygen atoms in total. The Labute approximate surface area is 149 Å². The topological polar surface area (TPSA) is 53.6 Å². The predicted molar refractivity (Wildman–Crippen MR) is 102 cm³/mol. The van der Waals surface area contributed by atoms with E-state index in [1.807, 2.05) is 24.3 Å². The van der Waals surface area contributed by atoms with Crippen molar-refractivity contribution < 1.29 is 9.53 Å². The molecule has 0 atom stereocenters. The van der Waals surface area contributed by atoms with Crippen LogP contribution in [0.4, 0.5) is 16.2 Å². The molecule has 1 aliphatic heterocycles. The monoisotopic (exact) mass is 339 g/mol. The minimum absolute atomic E-state index is 0.220. The van der Waals surface area contributed by atoms with Gasteiger partial charge in [0.2, 0.25) is 0 Å². The van der Waals surface area contributed by atoms with Crippen LogP contribution in [0.1, 0.15) is 17.5 Å². The molecule has 0 unspecified atom stereocenters. The fourth-order valence-corrected chi connectivity index (χ4v) is 3.23. The summed E-state index contributed by atoms with van der Waals surface area (Å²) in [4.78, 5) is 14.4. The van der Waals surface area contributed by atoms with E-state index in [0.717, 1.165) is 19.4 Å². The van der Waals surface area contributed by atoms with Gasteiger partial charge in [-0.1, -0.05) is 24.3 Å². The van der Waals surface area contributed by atoms with E-state index in [-0.39, 0.29) is 6.03 Å². The summed E-state index contributed by atoms with van der Waals surface area (Å²) in [6.07, 6.45) is 3.15. The van der Waals surface area contributed by atoms with E-state index in [1.165, 1.54) is 23.2 Å². The lowest BCUT2D eigenvalue weighted by molar-refractivity contribution is 0.252. The maximum Gasteiger partial charge on any atom is 0.319 e. The predicted octanol–water partition coefficient (Wildman–Crippen LogP) is 3.44. The van der Waals surface area contributed by atoms with Gasteiger partial charge >= 0.3 is 6.03 Å². The van der Waals surface area contributed by atoms with Crippen LogP contribution in [0, 0.1) is 0 Å². The molecule has 25 heavy (non-hydrogen) atoms. The quantitative estimate of drug-likeness (QED) is 0.877. The summed E-state index contributed by atoms with van der Waals surface area (Å²) in [7, 11) is 3.73. The smallest absolute Gasteiger partial charge is 0.319 e. The average Bonchev–Trinajstić information content (AvgIpc) is 2.62. The van der Waals surface area contributed by atoms with Gasteiger partial charge in [-0.3, -0.25) is 0 Å². The normalized spacial score (nSPS) is 13.1. The lowest BCUT2D eigenvalue weighted by atomic mass is 9.98. The third kappa shape index (κ3) is 4.24.